The number of fused-ring (bicyclic) bond motifs is 2. The van der Waals surface area contributed by atoms with Gasteiger partial charge in [0, 0.05) is 42.9 Å². The highest BCUT2D eigenvalue weighted by molar-refractivity contribution is 5.85. The van der Waals surface area contributed by atoms with E-state index in [1.807, 2.05) is 0 Å². The van der Waals surface area contributed by atoms with E-state index in [1.54, 1.807) is 0 Å². The summed E-state index contributed by atoms with van der Waals surface area (Å²) in [6.45, 7) is 2.63. The van der Waals surface area contributed by atoms with Crippen LogP contribution in [0, 0.1) is 11.8 Å². The highest BCUT2D eigenvalue weighted by Crippen LogP contribution is 2.57. The van der Waals surface area contributed by atoms with E-state index in [0.717, 1.165) is 93.7 Å². The number of rotatable bonds is 5. The zero-order chi connectivity index (χ0) is 22.6. The third-order valence-corrected chi connectivity index (χ3v) is 8.91. The Hall–Kier alpha value is -2.64. The first-order chi connectivity index (χ1) is 16.7. The van der Waals surface area contributed by atoms with Crippen LogP contribution in [0.2, 0.25) is 0 Å². The van der Waals surface area contributed by atoms with Gasteiger partial charge in [-0.2, -0.15) is 10.1 Å². The average molecular weight is 462 g/mol. The van der Waals surface area contributed by atoms with Crippen LogP contribution in [0.15, 0.2) is 6.07 Å². The van der Waals surface area contributed by atoms with Crippen LogP contribution in [-0.2, 0) is 17.6 Å². The lowest BCUT2D eigenvalue weighted by molar-refractivity contribution is -0.133. The highest BCUT2D eigenvalue weighted by atomic mass is 16.2. The minimum atomic E-state index is -0.129. The SMILES string of the molecule is O=C([C@@H]1CCCN1c1nc2c(c(Nc3cc(C4CC5CC5C4)[nH]n3)n1)CCC2)N1CCCCC1. The van der Waals surface area contributed by atoms with E-state index in [2.05, 4.69) is 31.4 Å². The van der Waals surface area contributed by atoms with Crippen LogP contribution >= 0.6 is 0 Å². The van der Waals surface area contributed by atoms with Gasteiger partial charge in [0.25, 0.3) is 0 Å². The summed E-state index contributed by atoms with van der Waals surface area (Å²) < 4.78 is 0. The van der Waals surface area contributed by atoms with Gasteiger partial charge in [-0.1, -0.05) is 0 Å². The van der Waals surface area contributed by atoms with Crippen LogP contribution in [-0.4, -0.2) is 56.6 Å². The number of hydrogen-bond acceptors (Lipinski definition) is 6. The Kier molecular flexibility index (Phi) is 5.02. The minimum absolute atomic E-state index is 0.129. The fourth-order valence-electron chi connectivity index (χ4n) is 6.94. The van der Waals surface area contributed by atoms with Crippen LogP contribution in [0.4, 0.5) is 17.6 Å². The topological polar surface area (TPSA) is 90.0 Å². The Balaban J connectivity index is 1.14. The van der Waals surface area contributed by atoms with Crippen LogP contribution < -0.4 is 10.2 Å². The van der Waals surface area contributed by atoms with Crippen molar-refractivity contribution in [2.24, 2.45) is 11.8 Å². The van der Waals surface area contributed by atoms with Crippen molar-refractivity contribution in [1.82, 2.24) is 25.1 Å². The summed E-state index contributed by atoms with van der Waals surface area (Å²) in [6, 6.07) is 2.05. The highest BCUT2D eigenvalue weighted by Gasteiger charge is 2.46. The normalized spacial score (nSPS) is 29.9. The van der Waals surface area contributed by atoms with Crippen molar-refractivity contribution >= 4 is 23.5 Å². The van der Waals surface area contributed by atoms with Gasteiger partial charge in [-0.3, -0.25) is 9.89 Å². The molecule has 7 rings (SSSR count). The molecule has 5 aliphatic rings. The molecule has 0 radical (unpaired) electrons. The molecule has 2 aliphatic heterocycles. The van der Waals surface area contributed by atoms with Crippen LogP contribution in [0.1, 0.15) is 80.7 Å². The molecule has 1 amide bonds. The molecular weight excluding hydrogens is 426 g/mol. The fraction of sp³-hybridized carbons (Fsp3) is 0.692. The summed E-state index contributed by atoms with van der Waals surface area (Å²) in [5.74, 6) is 5.24. The molecule has 2 unspecified atom stereocenters. The van der Waals surface area contributed by atoms with Gasteiger partial charge < -0.3 is 15.1 Å². The molecule has 180 valence electrons. The second kappa shape index (κ2) is 8.24. The van der Waals surface area contributed by atoms with Gasteiger partial charge in [-0.25, -0.2) is 4.98 Å². The van der Waals surface area contributed by atoms with Gasteiger partial charge >= 0.3 is 0 Å². The summed E-state index contributed by atoms with van der Waals surface area (Å²) in [5.41, 5.74) is 3.61. The first-order valence-corrected chi connectivity index (χ1v) is 13.5. The maximum Gasteiger partial charge on any atom is 0.245 e. The zero-order valence-corrected chi connectivity index (χ0v) is 19.9. The van der Waals surface area contributed by atoms with E-state index < -0.39 is 0 Å². The number of nitrogens with one attached hydrogen (secondary N) is 2. The van der Waals surface area contributed by atoms with E-state index in [0.29, 0.717) is 11.9 Å². The molecule has 0 bridgehead atoms. The van der Waals surface area contributed by atoms with E-state index in [1.165, 1.54) is 36.9 Å². The van der Waals surface area contributed by atoms with Gasteiger partial charge in [-0.05, 0) is 82.5 Å². The van der Waals surface area contributed by atoms with Gasteiger partial charge in [-0.15, -0.1) is 0 Å². The Morgan fingerprint density at radius 2 is 1.82 bits per heavy atom. The predicted molar refractivity (Wildman–Crippen MR) is 130 cm³/mol. The molecule has 0 aromatic carbocycles. The lowest BCUT2D eigenvalue weighted by Gasteiger charge is -2.32. The minimum Gasteiger partial charge on any atom is -0.341 e. The molecule has 4 fully saturated rings. The van der Waals surface area contributed by atoms with Crippen LogP contribution in [0.5, 0.6) is 0 Å². The number of carbonyl (C=O) groups is 1. The summed E-state index contributed by atoms with van der Waals surface area (Å²) in [5, 5.41) is 11.4. The number of carbonyl (C=O) groups excluding carboxylic acids is 1. The number of piperidine rings is 1. The van der Waals surface area contributed by atoms with Crippen molar-refractivity contribution in [3.8, 4) is 0 Å². The molecule has 2 N–H and O–H groups in total. The Morgan fingerprint density at radius 3 is 2.68 bits per heavy atom. The van der Waals surface area contributed by atoms with Gasteiger partial charge in [0.1, 0.15) is 11.9 Å². The summed E-state index contributed by atoms with van der Waals surface area (Å²) in [4.78, 5) is 27.6. The Bertz CT molecular complexity index is 1080. The first-order valence-electron chi connectivity index (χ1n) is 13.5. The largest absolute Gasteiger partial charge is 0.341 e. The molecule has 2 saturated carbocycles. The Morgan fingerprint density at radius 1 is 0.971 bits per heavy atom. The number of aromatic nitrogens is 4. The van der Waals surface area contributed by atoms with Gasteiger partial charge in [0.2, 0.25) is 11.9 Å². The number of anilines is 3. The lowest BCUT2D eigenvalue weighted by Crippen LogP contribution is -2.48. The number of H-pyrrole nitrogens is 1. The number of amides is 1. The molecular formula is C26H35N7O. The standard InChI is InChI=1S/C26H35N7O/c34-25(32-9-2-1-3-10-32)22-8-5-11-33(22)26-27-20-7-4-6-19(20)24(29-26)28-23-15-21(30-31-23)18-13-16-12-17(16)14-18/h15-18,22H,1-14H2,(H2,27,28,29,30,31)/t16?,17?,18?,22-/m0/s1. The van der Waals surface area contributed by atoms with Crippen molar-refractivity contribution in [3.05, 3.63) is 23.0 Å². The number of likely N-dealkylation sites (tertiary alicyclic amines) is 1. The number of aromatic amines is 1. The molecule has 4 heterocycles. The summed E-state index contributed by atoms with van der Waals surface area (Å²) >= 11 is 0. The number of nitrogens with zero attached hydrogens (tertiary/aromatic N) is 5. The second-order valence-electron chi connectivity index (χ2n) is 11.1. The maximum absolute atomic E-state index is 13.3. The van der Waals surface area contributed by atoms with Crippen molar-refractivity contribution in [3.63, 3.8) is 0 Å². The quantitative estimate of drug-likeness (QED) is 0.701. The molecule has 34 heavy (non-hydrogen) atoms. The molecule has 3 atom stereocenters. The molecule has 2 aromatic rings. The number of aryl methyl sites for hydroxylation is 1. The summed E-state index contributed by atoms with van der Waals surface area (Å²) in [6.07, 6.45) is 12.5. The monoisotopic (exact) mass is 461 g/mol. The zero-order valence-electron chi connectivity index (χ0n) is 19.9. The smallest absolute Gasteiger partial charge is 0.245 e. The average Bonchev–Trinajstić information content (AvgIpc) is 3.43. The van der Waals surface area contributed by atoms with Crippen molar-refractivity contribution in [2.75, 3.05) is 29.9 Å². The first kappa shape index (κ1) is 20.7. The Labute approximate surface area is 200 Å². The molecule has 8 heteroatoms. The van der Waals surface area contributed by atoms with Crippen molar-refractivity contribution in [1.29, 1.82) is 0 Å². The van der Waals surface area contributed by atoms with Gasteiger partial charge in [0.15, 0.2) is 5.82 Å². The molecule has 3 aliphatic carbocycles. The van der Waals surface area contributed by atoms with Crippen LogP contribution in [0.25, 0.3) is 0 Å². The fourth-order valence-corrected chi connectivity index (χ4v) is 6.94. The molecule has 2 saturated heterocycles. The third kappa shape index (κ3) is 3.66. The summed E-state index contributed by atoms with van der Waals surface area (Å²) in [7, 11) is 0. The van der Waals surface area contributed by atoms with Crippen molar-refractivity contribution < 1.29 is 4.79 Å². The maximum atomic E-state index is 13.3. The third-order valence-electron chi connectivity index (χ3n) is 8.91. The second-order valence-corrected chi connectivity index (χ2v) is 11.1. The molecule has 0 spiro atoms. The van der Waals surface area contributed by atoms with E-state index >= 15 is 0 Å². The van der Waals surface area contributed by atoms with E-state index in [9.17, 15) is 4.79 Å². The predicted octanol–water partition coefficient (Wildman–Crippen LogP) is 3.93. The van der Waals surface area contributed by atoms with Crippen LogP contribution in [0.3, 0.4) is 0 Å². The van der Waals surface area contributed by atoms with Gasteiger partial charge in [0.05, 0.1) is 5.69 Å². The van der Waals surface area contributed by atoms with Crippen molar-refractivity contribution in [2.45, 2.75) is 82.6 Å². The lowest BCUT2D eigenvalue weighted by atomic mass is 10.00. The van der Waals surface area contributed by atoms with E-state index in [-0.39, 0.29) is 11.9 Å². The van der Waals surface area contributed by atoms with E-state index in [4.69, 9.17) is 9.97 Å². The number of hydrogen-bond donors (Lipinski definition) is 2. The molecule has 2 aromatic heterocycles. The molecule has 8 nitrogen and oxygen atoms in total.